The van der Waals surface area contributed by atoms with Crippen LogP contribution < -0.4 is 0 Å². The summed E-state index contributed by atoms with van der Waals surface area (Å²) in [5.41, 5.74) is 0. The van der Waals surface area contributed by atoms with Crippen molar-refractivity contribution in [3.63, 3.8) is 0 Å². The summed E-state index contributed by atoms with van der Waals surface area (Å²) in [5.74, 6) is 1.30. The molecule has 3 nitrogen and oxygen atoms in total. The van der Waals surface area contributed by atoms with Crippen molar-refractivity contribution < 1.29 is 14.7 Å². The number of Topliss-reactive ketones (excluding diaryl/α,β-unsaturated/α-hetero) is 1. The minimum absolute atomic E-state index is 0.00750. The molecule has 1 N–H and O–H groups in total. The fraction of sp³-hybridized carbons (Fsp3) is 0.778. The summed E-state index contributed by atoms with van der Waals surface area (Å²) in [5, 5.41) is 8.80. The lowest BCUT2D eigenvalue weighted by Crippen LogP contribution is -2.31. The SMILES string of the molecule is CC1SCCSC1C(=O)CCC(=O)O. The van der Waals surface area contributed by atoms with Crippen LogP contribution in [0.15, 0.2) is 0 Å². The molecule has 0 aromatic rings. The van der Waals surface area contributed by atoms with Gasteiger partial charge in [0.1, 0.15) is 5.78 Å². The highest BCUT2D eigenvalue weighted by molar-refractivity contribution is 8.07. The standard InChI is InChI=1S/C9H14O3S2/c1-6-9(14-5-4-13-6)7(10)2-3-8(11)12/h6,9H,2-5H2,1H3,(H,11,12). The quantitative estimate of drug-likeness (QED) is 0.801. The fourth-order valence-electron chi connectivity index (χ4n) is 1.36. The Morgan fingerprint density at radius 3 is 2.50 bits per heavy atom. The van der Waals surface area contributed by atoms with Crippen molar-refractivity contribution in [3.05, 3.63) is 0 Å². The second-order valence-corrected chi connectivity index (χ2v) is 5.96. The van der Waals surface area contributed by atoms with Crippen molar-refractivity contribution in [2.45, 2.75) is 30.3 Å². The van der Waals surface area contributed by atoms with Crippen molar-refractivity contribution in [1.82, 2.24) is 0 Å². The van der Waals surface area contributed by atoms with Gasteiger partial charge >= 0.3 is 5.97 Å². The minimum Gasteiger partial charge on any atom is -0.481 e. The Morgan fingerprint density at radius 2 is 1.93 bits per heavy atom. The third-order valence-corrected chi connectivity index (χ3v) is 5.23. The molecule has 80 valence electrons. The fourth-order valence-corrected chi connectivity index (χ4v) is 4.13. The Hall–Kier alpha value is -0.160. The van der Waals surface area contributed by atoms with E-state index in [2.05, 4.69) is 0 Å². The summed E-state index contributed by atoms with van der Waals surface area (Å²) in [6.07, 6.45) is 0.144. The van der Waals surface area contributed by atoms with Gasteiger partial charge in [0.2, 0.25) is 0 Å². The van der Waals surface area contributed by atoms with E-state index >= 15 is 0 Å². The first-order chi connectivity index (χ1) is 6.61. The molecule has 1 aliphatic rings. The van der Waals surface area contributed by atoms with E-state index in [0.29, 0.717) is 5.25 Å². The molecule has 1 saturated heterocycles. The maximum atomic E-state index is 11.6. The van der Waals surface area contributed by atoms with Gasteiger partial charge in [0.25, 0.3) is 0 Å². The van der Waals surface area contributed by atoms with Crippen molar-refractivity contribution in [1.29, 1.82) is 0 Å². The van der Waals surface area contributed by atoms with Crippen LogP contribution in [-0.4, -0.2) is 38.9 Å². The topological polar surface area (TPSA) is 54.4 Å². The summed E-state index contributed by atoms with van der Waals surface area (Å²) in [6.45, 7) is 2.04. The van der Waals surface area contributed by atoms with Crippen LogP contribution in [-0.2, 0) is 9.59 Å². The van der Waals surface area contributed by atoms with Crippen LogP contribution >= 0.6 is 23.5 Å². The number of carboxylic acids is 1. The molecule has 0 saturated carbocycles. The summed E-state index contributed by atoms with van der Waals surface area (Å²) < 4.78 is 0. The van der Waals surface area contributed by atoms with Crippen molar-refractivity contribution in [2.75, 3.05) is 11.5 Å². The number of ketones is 1. The van der Waals surface area contributed by atoms with Gasteiger partial charge in [0.05, 0.1) is 11.7 Å². The molecule has 0 aliphatic carbocycles. The monoisotopic (exact) mass is 234 g/mol. The predicted molar refractivity (Wildman–Crippen MR) is 60.0 cm³/mol. The van der Waals surface area contributed by atoms with Gasteiger partial charge in [-0.05, 0) is 0 Å². The Bertz CT molecular complexity index is 230. The van der Waals surface area contributed by atoms with E-state index in [0.717, 1.165) is 11.5 Å². The Labute approximate surface area is 92.0 Å². The van der Waals surface area contributed by atoms with E-state index < -0.39 is 5.97 Å². The zero-order valence-electron chi connectivity index (χ0n) is 8.06. The lowest BCUT2D eigenvalue weighted by molar-refractivity contribution is -0.138. The number of hydrogen-bond donors (Lipinski definition) is 1. The first kappa shape index (κ1) is 11.9. The number of thioether (sulfide) groups is 2. The molecule has 0 aromatic carbocycles. The van der Waals surface area contributed by atoms with Crippen molar-refractivity contribution in [3.8, 4) is 0 Å². The average molecular weight is 234 g/mol. The normalized spacial score (nSPS) is 27.2. The third kappa shape index (κ3) is 3.53. The summed E-state index contributed by atoms with van der Waals surface area (Å²) in [7, 11) is 0. The molecule has 1 aliphatic heterocycles. The first-order valence-electron chi connectivity index (χ1n) is 4.59. The maximum Gasteiger partial charge on any atom is 0.303 e. The third-order valence-electron chi connectivity index (χ3n) is 2.09. The van der Waals surface area contributed by atoms with Crippen molar-refractivity contribution >= 4 is 35.3 Å². The van der Waals surface area contributed by atoms with Crippen LogP contribution in [0, 0.1) is 0 Å². The number of carbonyl (C=O) groups excluding carboxylic acids is 1. The van der Waals surface area contributed by atoms with Crippen LogP contribution in [0.1, 0.15) is 19.8 Å². The molecule has 2 atom stereocenters. The summed E-state index contributed by atoms with van der Waals surface area (Å²) in [4.78, 5) is 21.9. The molecule has 1 fully saturated rings. The second kappa shape index (κ2) is 5.66. The summed E-state index contributed by atoms with van der Waals surface area (Å²) >= 11 is 3.47. The zero-order valence-corrected chi connectivity index (χ0v) is 9.70. The average Bonchev–Trinajstić information content (AvgIpc) is 2.15. The number of carboxylic acid groups (broad SMARTS) is 1. The van der Waals surface area contributed by atoms with Crippen LogP contribution in [0.2, 0.25) is 0 Å². The van der Waals surface area contributed by atoms with Gasteiger partial charge in [-0.3, -0.25) is 9.59 Å². The van der Waals surface area contributed by atoms with Gasteiger partial charge in [-0.2, -0.15) is 11.8 Å². The van der Waals surface area contributed by atoms with Crippen molar-refractivity contribution in [2.24, 2.45) is 0 Å². The number of hydrogen-bond acceptors (Lipinski definition) is 4. The molecule has 1 heterocycles. The Morgan fingerprint density at radius 1 is 1.29 bits per heavy atom. The molecule has 0 amide bonds. The van der Waals surface area contributed by atoms with Gasteiger partial charge < -0.3 is 5.11 Å². The molecular formula is C9H14O3S2. The maximum absolute atomic E-state index is 11.6. The molecule has 0 spiro atoms. The first-order valence-corrected chi connectivity index (χ1v) is 6.68. The van der Waals surface area contributed by atoms with Crippen LogP contribution in [0.4, 0.5) is 0 Å². The van der Waals surface area contributed by atoms with E-state index in [1.54, 1.807) is 23.5 Å². The van der Waals surface area contributed by atoms with E-state index in [1.165, 1.54) is 0 Å². The van der Waals surface area contributed by atoms with E-state index in [4.69, 9.17) is 5.11 Å². The minimum atomic E-state index is -0.889. The molecule has 5 heteroatoms. The van der Waals surface area contributed by atoms with Gasteiger partial charge in [0, 0.05) is 23.2 Å². The summed E-state index contributed by atoms with van der Waals surface area (Å²) in [6, 6.07) is 0. The zero-order chi connectivity index (χ0) is 10.6. The Balaban J connectivity index is 2.38. The largest absolute Gasteiger partial charge is 0.481 e. The molecule has 0 aromatic heterocycles. The van der Waals surface area contributed by atoms with Gasteiger partial charge in [-0.25, -0.2) is 0 Å². The molecule has 2 unspecified atom stereocenters. The van der Waals surface area contributed by atoms with Crippen LogP contribution in [0.25, 0.3) is 0 Å². The number of carbonyl (C=O) groups is 2. The molecule has 0 radical (unpaired) electrons. The molecule has 0 bridgehead atoms. The number of aliphatic carboxylic acids is 1. The second-order valence-electron chi connectivity index (χ2n) is 3.23. The smallest absolute Gasteiger partial charge is 0.303 e. The van der Waals surface area contributed by atoms with Gasteiger partial charge in [-0.15, -0.1) is 11.8 Å². The lowest BCUT2D eigenvalue weighted by atomic mass is 10.1. The predicted octanol–water partition coefficient (Wildman–Crippen LogP) is 1.66. The van der Waals surface area contributed by atoms with Crippen LogP contribution in [0.5, 0.6) is 0 Å². The highest BCUT2D eigenvalue weighted by Gasteiger charge is 2.28. The van der Waals surface area contributed by atoms with Crippen LogP contribution in [0.3, 0.4) is 0 Å². The van der Waals surface area contributed by atoms with E-state index in [-0.39, 0.29) is 23.9 Å². The van der Waals surface area contributed by atoms with Gasteiger partial charge in [-0.1, -0.05) is 6.92 Å². The van der Waals surface area contributed by atoms with E-state index in [9.17, 15) is 9.59 Å². The molecular weight excluding hydrogens is 220 g/mol. The lowest BCUT2D eigenvalue weighted by Gasteiger charge is -2.26. The molecule has 1 rings (SSSR count). The Kier molecular flexibility index (Phi) is 4.81. The van der Waals surface area contributed by atoms with Gasteiger partial charge in [0.15, 0.2) is 0 Å². The highest BCUT2D eigenvalue weighted by atomic mass is 32.2. The number of rotatable bonds is 4. The molecule has 14 heavy (non-hydrogen) atoms. The highest BCUT2D eigenvalue weighted by Crippen LogP contribution is 2.32. The van der Waals surface area contributed by atoms with E-state index in [1.807, 2.05) is 6.92 Å².